The van der Waals surface area contributed by atoms with Gasteiger partial charge in [-0.25, -0.2) is 26.7 Å². The van der Waals surface area contributed by atoms with Crippen molar-refractivity contribution in [1.82, 2.24) is 10.6 Å². The SMILES string of the molecule is C=CC(=O)N1C[C@@H]2CC(F)(F)CN2c2cc(N3CCC4(CC3)CC(NC(=O)N[C@H](Cc3ccc(F)c(F)c3)C3CCOCC3)c3ccc(F)cc34)ccc21. The van der Waals surface area contributed by atoms with Gasteiger partial charge in [-0.2, -0.15) is 0 Å². The van der Waals surface area contributed by atoms with E-state index in [4.69, 9.17) is 4.74 Å². The number of hydrogen-bond donors (Lipinski definition) is 2. The molecule has 4 aliphatic heterocycles. The fourth-order valence-electron chi connectivity index (χ4n) is 9.58. The predicted molar refractivity (Wildman–Crippen MR) is 196 cm³/mol. The Kier molecular flexibility index (Phi) is 9.56. The maximum Gasteiger partial charge on any atom is 0.315 e. The van der Waals surface area contributed by atoms with E-state index in [2.05, 4.69) is 22.1 Å². The Labute approximate surface area is 311 Å². The minimum Gasteiger partial charge on any atom is -0.381 e. The van der Waals surface area contributed by atoms with E-state index in [1.807, 2.05) is 18.2 Å². The summed E-state index contributed by atoms with van der Waals surface area (Å²) in [6, 6.07) is 12.6. The van der Waals surface area contributed by atoms with Crippen LogP contribution in [0.5, 0.6) is 0 Å². The lowest BCUT2D eigenvalue weighted by atomic mass is 9.73. The van der Waals surface area contributed by atoms with Crippen LogP contribution in [0.1, 0.15) is 61.3 Å². The largest absolute Gasteiger partial charge is 0.381 e. The lowest BCUT2D eigenvalue weighted by molar-refractivity contribution is -0.114. The lowest BCUT2D eigenvalue weighted by Gasteiger charge is -2.43. The van der Waals surface area contributed by atoms with Gasteiger partial charge in [0.05, 0.1) is 30.0 Å². The molecule has 3 fully saturated rings. The number of nitrogens with one attached hydrogen (secondary N) is 2. The monoisotopic (exact) mass is 749 g/mol. The zero-order valence-corrected chi connectivity index (χ0v) is 29.9. The fraction of sp³-hybridized carbons (Fsp3) is 0.463. The van der Waals surface area contributed by atoms with Gasteiger partial charge in [-0.1, -0.05) is 18.7 Å². The Morgan fingerprint density at radius 3 is 2.46 bits per heavy atom. The van der Waals surface area contributed by atoms with Gasteiger partial charge in [-0.15, -0.1) is 0 Å². The molecule has 0 radical (unpaired) electrons. The summed E-state index contributed by atoms with van der Waals surface area (Å²) in [7, 11) is 0. The highest BCUT2D eigenvalue weighted by Gasteiger charge is 2.50. The second kappa shape index (κ2) is 14.2. The number of fused-ring (bicyclic) bond motifs is 5. The number of ether oxygens (including phenoxy) is 1. The number of carbonyl (C=O) groups excluding carboxylic acids is 2. The molecule has 3 aromatic carbocycles. The van der Waals surface area contributed by atoms with Crippen LogP contribution in [-0.2, 0) is 21.4 Å². The van der Waals surface area contributed by atoms with E-state index < -0.39 is 35.6 Å². The fourth-order valence-corrected chi connectivity index (χ4v) is 9.58. The summed E-state index contributed by atoms with van der Waals surface area (Å²) >= 11 is 0. The van der Waals surface area contributed by atoms with Crippen molar-refractivity contribution in [2.75, 3.05) is 54.1 Å². The maximum atomic E-state index is 14.8. The van der Waals surface area contributed by atoms with Gasteiger partial charge in [0.15, 0.2) is 11.6 Å². The predicted octanol–water partition coefficient (Wildman–Crippen LogP) is 7.17. The minimum absolute atomic E-state index is 0.0835. The summed E-state index contributed by atoms with van der Waals surface area (Å²) in [6.07, 6.45) is 4.58. The molecule has 1 spiro atoms. The van der Waals surface area contributed by atoms with E-state index in [0.717, 1.165) is 35.7 Å². The van der Waals surface area contributed by atoms with Crippen molar-refractivity contribution in [2.24, 2.45) is 5.92 Å². The summed E-state index contributed by atoms with van der Waals surface area (Å²) < 4.78 is 77.4. The number of benzene rings is 3. The van der Waals surface area contributed by atoms with Gasteiger partial charge in [0, 0.05) is 56.4 Å². The molecule has 3 aromatic rings. The first-order valence-corrected chi connectivity index (χ1v) is 18.8. The molecule has 8 nitrogen and oxygen atoms in total. The second-order valence-electron chi connectivity index (χ2n) is 15.6. The highest BCUT2D eigenvalue weighted by Crippen LogP contribution is 2.52. The van der Waals surface area contributed by atoms with Gasteiger partial charge in [-0.3, -0.25) is 4.79 Å². The van der Waals surface area contributed by atoms with Crippen molar-refractivity contribution in [3.05, 3.63) is 101 Å². The van der Waals surface area contributed by atoms with Crippen LogP contribution in [0, 0.1) is 23.4 Å². The van der Waals surface area contributed by atoms with E-state index >= 15 is 0 Å². The average molecular weight is 750 g/mol. The van der Waals surface area contributed by atoms with Gasteiger partial charge in [0.25, 0.3) is 11.8 Å². The van der Waals surface area contributed by atoms with E-state index in [1.165, 1.54) is 29.2 Å². The van der Waals surface area contributed by atoms with E-state index in [1.54, 1.807) is 17.0 Å². The van der Waals surface area contributed by atoms with E-state index in [0.29, 0.717) is 68.9 Å². The Balaban J connectivity index is 0.987. The standard InChI is InChI=1S/C41H44F5N5O3/c1-2-38(52)50-23-29-21-41(45,46)24-51(29)37-20-28(5-8-36(37)50)49-13-11-40(12-14-49)22-35(30-6-4-27(42)19-31(30)40)48-39(53)47-34(26-9-15-54-16-10-26)18-25-3-7-32(43)33(44)17-25/h2-8,17,19-20,26,29,34-35H,1,9-16,18,21-24H2,(H2,47,48,53)/t29-,34+,35?/m0/s1. The molecule has 3 saturated heterocycles. The van der Waals surface area contributed by atoms with Gasteiger partial charge in [0.1, 0.15) is 5.82 Å². The van der Waals surface area contributed by atoms with Gasteiger partial charge >= 0.3 is 6.03 Å². The van der Waals surface area contributed by atoms with Crippen molar-refractivity contribution >= 4 is 29.0 Å². The van der Waals surface area contributed by atoms with E-state index in [9.17, 15) is 31.5 Å². The quantitative estimate of drug-likeness (QED) is 0.198. The van der Waals surface area contributed by atoms with Crippen LogP contribution in [0.4, 0.5) is 43.8 Å². The molecule has 13 heteroatoms. The van der Waals surface area contributed by atoms with Crippen LogP contribution in [0.3, 0.4) is 0 Å². The zero-order valence-electron chi connectivity index (χ0n) is 29.9. The van der Waals surface area contributed by atoms with Gasteiger partial charge in [0.2, 0.25) is 0 Å². The number of amides is 3. The third-order valence-corrected chi connectivity index (χ3v) is 12.3. The molecular formula is C41H44F5N5O3. The van der Waals surface area contributed by atoms with Gasteiger partial charge in [-0.05, 0) is 110 Å². The molecule has 3 atom stereocenters. The Morgan fingerprint density at radius 2 is 1.72 bits per heavy atom. The Morgan fingerprint density at radius 1 is 0.944 bits per heavy atom. The van der Waals surface area contributed by atoms with Crippen LogP contribution in [-0.4, -0.2) is 69.3 Å². The third kappa shape index (κ3) is 6.91. The normalized spacial score (nSPS) is 23.4. The average Bonchev–Trinajstić information content (AvgIpc) is 3.64. The van der Waals surface area contributed by atoms with Crippen molar-refractivity contribution in [2.45, 2.75) is 74.4 Å². The topological polar surface area (TPSA) is 77.2 Å². The summed E-state index contributed by atoms with van der Waals surface area (Å²) in [6.45, 7) is 5.71. The molecule has 5 aliphatic rings. The molecule has 0 saturated carbocycles. The van der Waals surface area contributed by atoms with Crippen LogP contribution in [0.2, 0.25) is 0 Å². The Hall–Kier alpha value is -4.65. The third-order valence-electron chi connectivity index (χ3n) is 12.3. The number of anilines is 3. The number of carbonyl (C=O) groups is 2. The first kappa shape index (κ1) is 36.3. The van der Waals surface area contributed by atoms with Crippen LogP contribution >= 0.6 is 0 Å². The van der Waals surface area contributed by atoms with Crippen molar-refractivity contribution in [3.8, 4) is 0 Å². The lowest BCUT2D eigenvalue weighted by Crippen LogP contribution is -2.49. The molecule has 1 unspecified atom stereocenters. The zero-order chi connectivity index (χ0) is 37.8. The number of hydrogen-bond acceptors (Lipinski definition) is 5. The minimum atomic E-state index is -2.86. The highest BCUT2D eigenvalue weighted by molar-refractivity contribution is 6.04. The molecule has 0 aromatic heterocycles. The number of nitrogens with zero attached hydrogens (tertiary/aromatic N) is 3. The van der Waals surface area contributed by atoms with Crippen molar-refractivity contribution in [1.29, 1.82) is 0 Å². The molecule has 0 bridgehead atoms. The van der Waals surface area contributed by atoms with Crippen LogP contribution in [0.25, 0.3) is 0 Å². The highest BCUT2D eigenvalue weighted by atomic mass is 19.3. The molecular weight excluding hydrogens is 705 g/mol. The second-order valence-corrected chi connectivity index (χ2v) is 15.6. The summed E-state index contributed by atoms with van der Waals surface area (Å²) in [5.74, 6) is -5.31. The molecule has 8 rings (SSSR count). The number of alkyl halides is 2. The molecule has 3 amide bonds. The first-order chi connectivity index (χ1) is 25.9. The van der Waals surface area contributed by atoms with Crippen LogP contribution < -0.4 is 25.3 Å². The number of halogens is 5. The Bertz CT molecular complexity index is 1950. The first-order valence-electron chi connectivity index (χ1n) is 18.8. The molecule has 1 aliphatic carbocycles. The summed E-state index contributed by atoms with van der Waals surface area (Å²) in [5.41, 5.74) is 3.97. The van der Waals surface area contributed by atoms with E-state index in [-0.39, 0.29) is 48.7 Å². The molecule has 2 N–H and O–H groups in total. The smallest absolute Gasteiger partial charge is 0.315 e. The number of rotatable bonds is 7. The maximum absolute atomic E-state index is 14.8. The van der Waals surface area contributed by atoms with Gasteiger partial charge < -0.3 is 30.1 Å². The summed E-state index contributed by atoms with van der Waals surface area (Å²) in [5, 5.41) is 6.30. The number of urea groups is 1. The summed E-state index contributed by atoms with van der Waals surface area (Å²) in [4.78, 5) is 31.9. The molecule has 4 heterocycles. The van der Waals surface area contributed by atoms with Crippen molar-refractivity contribution < 1.29 is 36.3 Å². The molecule has 54 heavy (non-hydrogen) atoms. The van der Waals surface area contributed by atoms with Crippen molar-refractivity contribution in [3.63, 3.8) is 0 Å². The van der Waals surface area contributed by atoms with Crippen LogP contribution in [0.15, 0.2) is 67.3 Å². The molecule has 286 valence electrons. The number of piperidine rings is 1.